The van der Waals surface area contributed by atoms with E-state index in [0.29, 0.717) is 33.8 Å². The highest BCUT2D eigenvalue weighted by atomic mass is 35.5. The van der Waals surface area contributed by atoms with Gasteiger partial charge in [0.2, 0.25) is 0 Å². The van der Waals surface area contributed by atoms with Crippen molar-refractivity contribution in [2.75, 3.05) is 0 Å². The van der Waals surface area contributed by atoms with Crippen LogP contribution < -0.4 is 16.0 Å². The molecule has 0 aliphatic rings. The molecule has 1 N–H and O–H groups in total. The van der Waals surface area contributed by atoms with Gasteiger partial charge in [0.25, 0.3) is 5.56 Å². The first-order chi connectivity index (χ1) is 14.5. The maximum Gasteiger partial charge on any atom is 0.349 e. The Hall–Kier alpha value is -3.64. The minimum atomic E-state index is -0.626. The van der Waals surface area contributed by atoms with E-state index in [1.54, 1.807) is 42.5 Å². The molecule has 0 radical (unpaired) electrons. The van der Waals surface area contributed by atoms with Gasteiger partial charge in [-0.3, -0.25) is 4.79 Å². The quantitative estimate of drug-likeness (QED) is 0.494. The van der Waals surface area contributed by atoms with Gasteiger partial charge in [-0.25, -0.2) is 4.79 Å². The van der Waals surface area contributed by atoms with E-state index in [2.05, 4.69) is 10.1 Å². The Bertz CT molecular complexity index is 1350. The molecule has 6 nitrogen and oxygen atoms in total. The van der Waals surface area contributed by atoms with Crippen molar-refractivity contribution in [3.05, 3.63) is 109 Å². The summed E-state index contributed by atoms with van der Waals surface area (Å²) in [4.78, 5) is 27.6. The van der Waals surface area contributed by atoms with E-state index in [4.69, 9.17) is 16.3 Å². The van der Waals surface area contributed by atoms with Gasteiger partial charge in [-0.15, -0.1) is 4.68 Å². The first-order valence-corrected chi connectivity index (χ1v) is 9.65. The van der Waals surface area contributed by atoms with Crippen LogP contribution in [0.5, 0.6) is 5.75 Å². The standard InChI is InChI=1S/C23H18ClN3O3/c1-15-6-8-16(9-7-15)14-30-21-11-10-18(24)12-17(21)13-25-27-22(28)19-4-2-3-5-20(19)26-23(27)29/h2-13H,14H2,1H3,(H,26,29). The number of halogens is 1. The molecule has 0 amide bonds. The van der Waals surface area contributed by atoms with Crippen LogP contribution in [0.15, 0.2) is 81.4 Å². The van der Waals surface area contributed by atoms with Crippen molar-refractivity contribution in [3.8, 4) is 5.75 Å². The van der Waals surface area contributed by atoms with E-state index < -0.39 is 11.2 Å². The maximum absolute atomic E-state index is 12.6. The van der Waals surface area contributed by atoms with Crippen LogP contribution in [0.1, 0.15) is 16.7 Å². The summed E-state index contributed by atoms with van der Waals surface area (Å²) in [5.74, 6) is 0.536. The van der Waals surface area contributed by atoms with Crippen molar-refractivity contribution in [3.63, 3.8) is 0 Å². The number of para-hydroxylation sites is 1. The third-order valence-electron chi connectivity index (χ3n) is 4.58. The van der Waals surface area contributed by atoms with Gasteiger partial charge in [0.1, 0.15) is 12.4 Å². The van der Waals surface area contributed by atoms with Gasteiger partial charge in [0.05, 0.1) is 17.1 Å². The lowest BCUT2D eigenvalue weighted by molar-refractivity contribution is 0.306. The Morgan fingerprint density at radius 1 is 1.07 bits per heavy atom. The van der Waals surface area contributed by atoms with E-state index >= 15 is 0 Å². The Balaban J connectivity index is 1.66. The summed E-state index contributed by atoms with van der Waals surface area (Å²) < 4.78 is 6.70. The fraction of sp³-hybridized carbons (Fsp3) is 0.0870. The number of H-pyrrole nitrogens is 1. The lowest BCUT2D eigenvalue weighted by Gasteiger charge is -2.10. The van der Waals surface area contributed by atoms with Gasteiger partial charge >= 0.3 is 5.69 Å². The number of hydrogen-bond donors (Lipinski definition) is 1. The summed E-state index contributed by atoms with van der Waals surface area (Å²) >= 11 is 6.12. The molecule has 1 heterocycles. The SMILES string of the molecule is Cc1ccc(COc2ccc(Cl)cc2C=Nn2c(=O)[nH]c3ccccc3c2=O)cc1. The molecule has 30 heavy (non-hydrogen) atoms. The minimum Gasteiger partial charge on any atom is -0.488 e. The Labute approximate surface area is 177 Å². The molecule has 0 bridgehead atoms. The molecule has 0 atom stereocenters. The number of nitrogens with one attached hydrogen (secondary N) is 1. The molecule has 0 fully saturated rings. The van der Waals surface area contributed by atoms with Crippen LogP contribution in [0.3, 0.4) is 0 Å². The molecule has 0 saturated carbocycles. The Morgan fingerprint density at radius 3 is 2.63 bits per heavy atom. The van der Waals surface area contributed by atoms with Crippen LogP contribution in [-0.4, -0.2) is 15.9 Å². The van der Waals surface area contributed by atoms with Crippen molar-refractivity contribution in [1.82, 2.24) is 9.66 Å². The van der Waals surface area contributed by atoms with Crippen molar-refractivity contribution in [1.29, 1.82) is 0 Å². The largest absolute Gasteiger partial charge is 0.488 e. The highest BCUT2D eigenvalue weighted by Crippen LogP contribution is 2.22. The number of aromatic amines is 1. The first kappa shape index (κ1) is 19.7. The molecule has 0 saturated heterocycles. The molecule has 4 rings (SSSR count). The van der Waals surface area contributed by atoms with E-state index in [9.17, 15) is 9.59 Å². The average Bonchev–Trinajstić information content (AvgIpc) is 2.74. The predicted molar refractivity (Wildman–Crippen MR) is 119 cm³/mol. The van der Waals surface area contributed by atoms with Gasteiger partial charge in [0, 0.05) is 10.6 Å². The zero-order valence-corrected chi connectivity index (χ0v) is 16.9. The summed E-state index contributed by atoms with van der Waals surface area (Å²) in [7, 11) is 0. The number of ether oxygens (including phenoxy) is 1. The van der Waals surface area contributed by atoms with Crippen molar-refractivity contribution in [2.45, 2.75) is 13.5 Å². The van der Waals surface area contributed by atoms with Crippen molar-refractivity contribution in [2.24, 2.45) is 5.10 Å². The minimum absolute atomic E-state index is 0.360. The Kier molecular flexibility index (Phi) is 5.50. The average molecular weight is 420 g/mol. The molecule has 4 aromatic rings. The number of hydrogen-bond acceptors (Lipinski definition) is 4. The van der Waals surface area contributed by atoms with Crippen LogP contribution in [0.4, 0.5) is 0 Å². The van der Waals surface area contributed by atoms with Crippen LogP contribution >= 0.6 is 11.6 Å². The number of fused-ring (bicyclic) bond motifs is 1. The summed E-state index contributed by atoms with van der Waals surface area (Å²) in [6.45, 7) is 2.38. The van der Waals surface area contributed by atoms with Crippen molar-refractivity contribution >= 4 is 28.7 Å². The smallest absolute Gasteiger partial charge is 0.349 e. The topological polar surface area (TPSA) is 76.5 Å². The second kappa shape index (κ2) is 8.39. The van der Waals surface area contributed by atoms with Crippen LogP contribution in [0.25, 0.3) is 10.9 Å². The third kappa shape index (κ3) is 4.18. The van der Waals surface area contributed by atoms with E-state index in [1.165, 1.54) is 11.8 Å². The molecule has 3 aromatic carbocycles. The van der Waals surface area contributed by atoms with E-state index in [-0.39, 0.29) is 0 Å². The molecule has 0 aliphatic carbocycles. The van der Waals surface area contributed by atoms with Crippen LogP contribution in [0, 0.1) is 6.92 Å². The van der Waals surface area contributed by atoms with Gasteiger partial charge < -0.3 is 9.72 Å². The van der Waals surface area contributed by atoms with Crippen molar-refractivity contribution < 1.29 is 4.74 Å². The maximum atomic E-state index is 12.6. The molecule has 0 spiro atoms. The third-order valence-corrected chi connectivity index (χ3v) is 4.82. The predicted octanol–water partition coefficient (Wildman–Crippen LogP) is 4.11. The zero-order valence-electron chi connectivity index (χ0n) is 16.1. The van der Waals surface area contributed by atoms with Gasteiger partial charge in [0.15, 0.2) is 0 Å². The Morgan fingerprint density at radius 2 is 1.83 bits per heavy atom. The van der Waals surface area contributed by atoms with Crippen LogP contribution in [-0.2, 0) is 6.61 Å². The highest BCUT2D eigenvalue weighted by Gasteiger charge is 2.08. The van der Waals surface area contributed by atoms with Gasteiger partial charge in [-0.1, -0.05) is 53.6 Å². The number of benzene rings is 3. The normalized spacial score (nSPS) is 11.3. The highest BCUT2D eigenvalue weighted by molar-refractivity contribution is 6.30. The first-order valence-electron chi connectivity index (χ1n) is 9.27. The van der Waals surface area contributed by atoms with Gasteiger partial charge in [-0.05, 0) is 42.8 Å². The molecule has 7 heteroatoms. The molecular formula is C23H18ClN3O3. The number of aryl methyl sites for hydroxylation is 1. The monoisotopic (exact) mass is 419 g/mol. The summed E-state index contributed by atoms with van der Waals surface area (Å²) in [5.41, 5.74) is 2.07. The molecule has 1 aromatic heterocycles. The van der Waals surface area contributed by atoms with Gasteiger partial charge in [-0.2, -0.15) is 5.10 Å². The summed E-state index contributed by atoms with van der Waals surface area (Å²) in [5, 5.41) is 4.95. The van der Waals surface area contributed by atoms with E-state index in [1.807, 2.05) is 31.2 Å². The second-order valence-electron chi connectivity index (χ2n) is 6.79. The molecular weight excluding hydrogens is 402 g/mol. The lowest BCUT2D eigenvalue weighted by Crippen LogP contribution is -2.32. The van der Waals surface area contributed by atoms with E-state index in [0.717, 1.165) is 10.2 Å². The number of rotatable bonds is 5. The summed E-state index contributed by atoms with van der Waals surface area (Å²) in [6.07, 6.45) is 1.39. The molecule has 0 aliphatic heterocycles. The number of nitrogens with zero attached hydrogens (tertiary/aromatic N) is 2. The summed E-state index contributed by atoms with van der Waals surface area (Å²) in [6, 6.07) is 19.9. The number of aromatic nitrogens is 2. The fourth-order valence-electron chi connectivity index (χ4n) is 2.97. The lowest BCUT2D eigenvalue weighted by atomic mass is 10.1. The van der Waals surface area contributed by atoms with Crippen LogP contribution in [0.2, 0.25) is 5.02 Å². The fourth-order valence-corrected chi connectivity index (χ4v) is 3.16. The molecule has 0 unspecified atom stereocenters. The zero-order chi connectivity index (χ0) is 21.1. The molecule has 150 valence electrons. The second-order valence-corrected chi connectivity index (χ2v) is 7.23.